The Kier molecular flexibility index (Phi) is 4.36. The van der Waals surface area contributed by atoms with Crippen molar-refractivity contribution in [1.82, 2.24) is 4.90 Å². The van der Waals surface area contributed by atoms with Gasteiger partial charge in [-0.15, -0.1) is 0 Å². The van der Waals surface area contributed by atoms with Crippen molar-refractivity contribution in [3.05, 3.63) is 0 Å². The molecule has 1 fully saturated rings. The Morgan fingerprint density at radius 2 is 2.00 bits per heavy atom. The van der Waals surface area contributed by atoms with Gasteiger partial charge in [0.2, 0.25) is 5.96 Å². The van der Waals surface area contributed by atoms with Crippen LogP contribution in [0.3, 0.4) is 0 Å². The smallest absolute Gasteiger partial charge is 0.218 e. The summed E-state index contributed by atoms with van der Waals surface area (Å²) in [5.41, 5.74) is 15.8. The molecule has 0 radical (unpaired) electrons. The topological polar surface area (TPSA) is 106 Å². The molecule has 86 valence electrons. The van der Waals surface area contributed by atoms with E-state index in [1.54, 1.807) is 0 Å². The van der Waals surface area contributed by atoms with E-state index < -0.39 is 0 Å². The van der Waals surface area contributed by atoms with Crippen LogP contribution in [-0.4, -0.2) is 42.5 Å². The number of rotatable bonds is 5. The van der Waals surface area contributed by atoms with Gasteiger partial charge in [0.25, 0.3) is 0 Å². The molecule has 0 spiro atoms. The van der Waals surface area contributed by atoms with Gasteiger partial charge in [-0.2, -0.15) is 4.99 Å². The summed E-state index contributed by atoms with van der Waals surface area (Å²) in [5, 5.41) is 0. The van der Waals surface area contributed by atoms with Gasteiger partial charge in [-0.05, 0) is 19.4 Å². The molecular formula is C9H20N6. The Labute approximate surface area is 90.2 Å². The Balaban J connectivity index is 2.26. The Morgan fingerprint density at radius 3 is 2.47 bits per heavy atom. The molecule has 6 nitrogen and oxygen atoms in total. The lowest BCUT2D eigenvalue weighted by molar-refractivity contribution is 0.286. The third-order valence-electron chi connectivity index (χ3n) is 2.37. The molecule has 15 heavy (non-hydrogen) atoms. The van der Waals surface area contributed by atoms with E-state index in [1.165, 1.54) is 12.8 Å². The van der Waals surface area contributed by atoms with Crippen molar-refractivity contribution in [2.45, 2.75) is 25.8 Å². The lowest BCUT2D eigenvalue weighted by Gasteiger charge is -2.17. The highest BCUT2D eigenvalue weighted by molar-refractivity contribution is 5.92. The molecule has 6 N–H and O–H groups in total. The largest absolute Gasteiger partial charge is 0.370 e. The van der Waals surface area contributed by atoms with E-state index in [4.69, 9.17) is 17.2 Å². The first-order valence-electron chi connectivity index (χ1n) is 5.27. The van der Waals surface area contributed by atoms with Crippen LogP contribution in [0.25, 0.3) is 0 Å². The first-order valence-corrected chi connectivity index (χ1v) is 5.27. The predicted molar refractivity (Wildman–Crippen MR) is 62.6 cm³/mol. The predicted octanol–water partition coefficient (Wildman–Crippen LogP) is -0.941. The van der Waals surface area contributed by atoms with Gasteiger partial charge in [-0.25, -0.2) is 0 Å². The third-order valence-corrected chi connectivity index (χ3v) is 2.37. The minimum Gasteiger partial charge on any atom is -0.370 e. The molecule has 0 unspecified atom stereocenters. The molecule has 0 aromatic carbocycles. The molecule has 0 bridgehead atoms. The lowest BCUT2D eigenvalue weighted by atomic mass is 10.4. The molecule has 1 aliphatic rings. The normalized spacial score (nSPS) is 16.8. The molecule has 0 aromatic rings. The van der Waals surface area contributed by atoms with E-state index in [0.717, 1.165) is 19.1 Å². The minimum atomic E-state index is -0.0502. The van der Waals surface area contributed by atoms with Crippen LogP contribution in [0.15, 0.2) is 9.98 Å². The summed E-state index contributed by atoms with van der Waals surface area (Å²) in [6.07, 6.45) is 2.61. The molecule has 0 atom stereocenters. The third kappa shape index (κ3) is 4.64. The highest BCUT2D eigenvalue weighted by Gasteiger charge is 2.26. The summed E-state index contributed by atoms with van der Waals surface area (Å²) in [4.78, 5) is 10.1. The molecule has 0 amide bonds. The van der Waals surface area contributed by atoms with Crippen LogP contribution in [0.1, 0.15) is 19.8 Å². The first-order chi connectivity index (χ1) is 7.13. The second-order valence-electron chi connectivity index (χ2n) is 3.64. The maximum atomic E-state index is 5.48. The first kappa shape index (κ1) is 11.8. The van der Waals surface area contributed by atoms with Crippen LogP contribution in [0.5, 0.6) is 0 Å². The molecule has 0 aliphatic heterocycles. The Hall–Kier alpha value is -1.30. The number of likely N-dealkylation sites (N-methyl/N-ethyl adjacent to an activating group) is 1. The van der Waals surface area contributed by atoms with Gasteiger partial charge >= 0.3 is 0 Å². The van der Waals surface area contributed by atoms with Gasteiger partial charge in [0, 0.05) is 12.6 Å². The number of aliphatic imine (C=N–C) groups is 2. The van der Waals surface area contributed by atoms with E-state index in [2.05, 4.69) is 21.8 Å². The van der Waals surface area contributed by atoms with Crippen molar-refractivity contribution in [2.75, 3.05) is 19.6 Å². The molecule has 0 heterocycles. The molecular weight excluding hydrogens is 192 g/mol. The van der Waals surface area contributed by atoms with Gasteiger partial charge in [0.15, 0.2) is 5.96 Å². The number of nitrogens with zero attached hydrogens (tertiary/aromatic N) is 3. The highest BCUT2D eigenvalue weighted by atomic mass is 15.2. The van der Waals surface area contributed by atoms with E-state index in [1.807, 2.05) is 0 Å². The summed E-state index contributed by atoms with van der Waals surface area (Å²) >= 11 is 0. The van der Waals surface area contributed by atoms with Crippen LogP contribution in [0, 0.1) is 0 Å². The zero-order valence-electron chi connectivity index (χ0n) is 9.19. The number of nitrogens with two attached hydrogens (primary N) is 3. The van der Waals surface area contributed by atoms with Crippen LogP contribution >= 0.6 is 0 Å². The van der Waals surface area contributed by atoms with Gasteiger partial charge in [0.1, 0.15) is 0 Å². The van der Waals surface area contributed by atoms with E-state index in [0.29, 0.717) is 6.54 Å². The van der Waals surface area contributed by atoms with Crippen LogP contribution in [-0.2, 0) is 0 Å². The van der Waals surface area contributed by atoms with Crippen LogP contribution in [0.4, 0.5) is 0 Å². The monoisotopic (exact) mass is 212 g/mol. The zero-order valence-corrected chi connectivity index (χ0v) is 9.19. The standard InChI is InChI=1S/C9H20N6/c1-2-15(7-3-4-7)6-5-13-9(12)14-8(10)11/h7H,2-6H2,1H3,(H6,10,11,12,13,14). The van der Waals surface area contributed by atoms with Crippen molar-refractivity contribution in [1.29, 1.82) is 0 Å². The maximum Gasteiger partial charge on any atom is 0.218 e. The van der Waals surface area contributed by atoms with Crippen molar-refractivity contribution >= 4 is 11.9 Å². The highest BCUT2D eigenvalue weighted by Crippen LogP contribution is 2.25. The van der Waals surface area contributed by atoms with Gasteiger partial charge in [-0.1, -0.05) is 6.92 Å². The summed E-state index contributed by atoms with van der Waals surface area (Å²) in [5.74, 6) is 0.104. The molecule has 0 aromatic heterocycles. The van der Waals surface area contributed by atoms with Gasteiger partial charge < -0.3 is 17.2 Å². The Bertz CT molecular complexity index is 251. The van der Waals surface area contributed by atoms with Crippen molar-refractivity contribution in [2.24, 2.45) is 27.2 Å². The number of guanidine groups is 2. The van der Waals surface area contributed by atoms with E-state index in [9.17, 15) is 0 Å². The number of hydrogen-bond acceptors (Lipinski definition) is 2. The van der Waals surface area contributed by atoms with Crippen LogP contribution < -0.4 is 17.2 Å². The van der Waals surface area contributed by atoms with E-state index in [-0.39, 0.29) is 11.9 Å². The Morgan fingerprint density at radius 1 is 1.33 bits per heavy atom. The fourth-order valence-electron chi connectivity index (χ4n) is 1.50. The average Bonchev–Trinajstić information content (AvgIpc) is 2.94. The van der Waals surface area contributed by atoms with Crippen molar-refractivity contribution in [3.63, 3.8) is 0 Å². The number of hydrogen-bond donors (Lipinski definition) is 3. The summed E-state index contributed by atoms with van der Waals surface area (Å²) < 4.78 is 0. The summed E-state index contributed by atoms with van der Waals surface area (Å²) in [6.45, 7) is 4.78. The second kappa shape index (κ2) is 5.55. The molecule has 1 saturated carbocycles. The average molecular weight is 212 g/mol. The van der Waals surface area contributed by atoms with Crippen molar-refractivity contribution in [3.8, 4) is 0 Å². The SMILES string of the molecule is CCN(CCN=C(N)N=C(N)N)C1CC1. The van der Waals surface area contributed by atoms with Gasteiger partial charge in [0.05, 0.1) is 6.54 Å². The van der Waals surface area contributed by atoms with Gasteiger partial charge in [-0.3, -0.25) is 9.89 Å². The fraction of sp³-hybridized carbons (Fsp3) is 0.778. The fourth-order valence-corrected chi connectivity index (χ4v) is 1.50. The van der Waals surface area contributed by atoms with Crippen LogP contribution in [0.2, 0.25) is 0 Å². The maximum absolute atomic E-state index is 5.48. The molecule has 1 aliphatic carbocycles. The molecule has 0 saturated heterocycles. The zero-order chi connectivity index (χ0) is 11.3. The summed E-state index contributed by atoms with van der Waals surface area (Å²) in [6, 6.07) is 0.759. The summed E-state index contributed by atoms with van der Waals surface area (Å²) in [7, 11) is 0. The van der Waals surface area contributed by atoms with Crippen molar-refractivity contribution < 1.29 is 0 Å². The quantitative estimate of drug-likeness (QED) is 0.404. The minimum absolute atomic E-state index is 0.0502. The molecule has 1 rings (SSSR count). The molecule has 6 heteroatoms. The lowest BCUT2D eigenvalue weighted by Crippen LogP contribution is -2.29. The van der Waals surface area contributed by atoms with E-state index >= 15 is 0 Å². The second-order valence-corrected chi connectivity index (χ2v) is 3.64.